The van der Waals surface area contributed by atoms with E-state index < -0.39 is 0 Å². The van der Waals surface area contributed by atoms with Crippen molar-refractivity contribution < 1.29 is 9.53 Å². The summed E-state index contributed by atoms with van der Waals surface area (Å²) >= 11 is 0. The molecule has 0 bridgehead atoms. The van der Waals surface area contributed by atoms with Crippen molar-refractivity contribution in [2.45, 2.75) is 6.92 Å². The van der Waals surface area contributed by atoms with Crippen LogP contribution in [0.1, 0.15) is 17.4 Å². The summed E-state index contributed by atoms with van der Waals surface area (Å²) in [6.45, 7) is 2.12. The number of nitrogens with zero attached hydrogens (tertiary/aromatic N) is 1. The lowest BCUT2D eigenvalue weighted by Crippen LogP contribution is -2.05. The maximum atomic E-state index is 11.4. The van der Waals surface area contributed by atoms with Crippen molar-refractivity contribution in [3.8, 4) is 11.8 Å². The Bertz CT molecular complexity index is 454. The molecule has 0 amide bonds. The minimum atomic E-state index is -0.383. The van der Waals surface area contributed by atoms with Gasteiger partial charge in [0, 0.05) is 12.4 Å². The Labute approximate surface area is 87.4 Å². The molecule has 1 heterocycles. The molecular weight excluding hydrogens is 192 g/mol. The fourth-order valence-electron chi connectivity index (χ4n) is 1.11. The van der Waals surface area contributed by atoms with Crippen LogP contribution in [0, 0.1) is 17.8 Å². The summed E-state index contributed by atoms with van der Waals surface area (Å²) in [4.78, 5) is 18.4. The predicted octanol–water partition coefficient (Wildman–Crippen LogP) is 1.53. The van der Waals surface area contributed by atoms with Gasteiger partial charge in [-0.15, -0.1) is 0 Å². The van der Waals surface area contributed by atoms with E-state index in [0.717, 1.165) is 0 Å². The average Bonchev–Trinajstić information content (AvgIpc) is 2.93. The molecule has 0 atom stereocenters. The lowest BCUT2D eigenvalue weighted by Gasteiger charge is -1.99. The molecule has 76 valence electrons. The number of aliphatic imine (C=N–C) groups is 1. The molecule has 15 heavy (non-hydrogen) atoms. The van der Waals surface area contributed by atoms with Crippen LogP contribution in [0.3, 0.4) is 0 Å². The molecule has 0 radical (unpaired) electrons. The minimum Gasteiger partial charge on any atom is -0.461 e. The van der Waals surface area contributed by atoms with Crippen molar-refractivity contribution in [2.24, 2.45) is 10.9 Å². The van der Waals surface area contributed by atoms with Crippen LogP contribution in [0.15, 0.2) is 17.3 Å². The van der Waals surface area contributed by atoms with Crippen LogP contribution in [0.2, 0.25) is 0 Å². The first-order valence-electron chi connectivity index (χ1n) is 4.71. The quantitative estimate of drug-likeness (QED) is 0.457. The molecular formula is C11H10N2O2. The van der Waals surface area contributed by atoms with E-state index in [-0.39, 0.29) is 11.9 Å². The smallest absolute Gasteiger partial charge is 0.356 e. The Morgan fingerprint density at radius 1 is 1.73 bits per heavy atom. The summed E-state index contributed by atoms with van der Waals surface area (Å²) in [6, 6.07) is 1.73. The number of hydrogen-bond donors (Lipinski definition) is 1. The predicted molar refractivity (Wildman–Crippen MR) is 56.2 cm³/mol. The lowest BCUT2D eigenvalue weighted by molar-refractivity contribution is 0.0521. The first kappa shape index (κ1) is 9.53. The zero-order valence-electron chi connectivity index (χ0n) is 8.28. The highest BCUT2D eigenvalue weighted by molar-refractivity contribution is 5.94. The Morgan fingerprint density at radius 3 is 3.20 bits per heavy atom. The number of aromatic nitrogens is 1. The van der Waals surface area contributed by atoms with E-state index in [1.165, 1.54) is 0 Å². The summed E-state index contributed by atoms with van der Waals surface area (Å²) < 4.78 is 4.87. The van der Waals surface area contributed by atoms with Crippen LogP contribution in [-0.4, -0.2) is 23.8 Å². The van der Waals surface area contributed by atoms with Crippen LogP contribution in [-0.2, 0) is 4.74 Å². The molecule has 4 nitrogen and oxygen atoms in total. The maximum absolute atomic E-state index is 11.4. The number of nitrogens with one attached hydrogen (secondary N) is 1. The van der Waals surface area contributed by atoms with Gasteiger partial charge in [0.2, 0.25) is 0 Å². The molecule has 1 aromatic heterocycles. The van der Waals surface area contributed by atoms with Crippen LogP contribution in [0.4, 0.5) is 5.69 Å². The summed E-state index contributed by atoms with van der Waals surface area (Å²) in [5.74, 6) is 5.41. The normalized spacial score (nSPS) is 13.7. The number of carbonyl (C=O) groups excluding carboxylic acids is 1. The standard InChI is InChI=1S/C11H10N2O2/c1-2-15-11(14)10-9(5-6-12-10)13-7-8-3-4-8/h5-8,12H,2H2,1H3. The first-order chi connectivity index (χ1) is 7.31. The van der Waals surface area contributed by atoms with Crippen molar-refractivity contribution in [3.05, 3.63) is 18.0 Å². The molecule has 0 saturated carbocycles. The average molecular weight is 202 g/mol. The van der Waals surface area contributed by atoms with Gasteiger partial charge in [-0.3, -0.25) is 4.99 Å². The highest BCUT2D eigenvalue weighted by Crippen LogP contribution is 2.18. The van der Waals surface area contributed by atoms with Crippen LogP contribution < -0.4 is 0 Å². The number of carbonyl (C=O) groups is 1. The SMILES string of the molecule is CCOC(=O)c1[nH]ccc1N=CC1C#C1. The third-order valence-corrected chi connectivity index (χ3v) is 1.88. The number of aromatic amines is 1. The van der Waals surface area contributed by atoms with Crippen molar-refractivity contribution >= 4 is 17.9 Å². The van der Waals surface area contributed by atoms with Crippen molar-refractivity contribution in [1.82, 2.24) is 4.98 Å². The van der Waals surface area contributed by atoms with Crippen molar-refractivity contribution in [2.75, 3.05) is 6.61 Å². The molecule has 1 aromatic rings. The van der Waals surface area contributed by atoms with Crippen molar-refractivity contribution in [3.63, 3.8) is 0 Å². The van der Waals surface area contributed by atoms with Gasteiger partial charge in [0.25, 0.3) is 0 Å². The highest BCUT2D eigenvalue weighted by Gasteiger charge is 2.13. The van der Waals surface area contributed by atoms with Crippen LogP contribution >= 0.6 is 0 Å². The molecule has 4 heteroatoms. The largest absolute Gasteiger partial charge is 0.461 e. The third-order valence-electron chi connectivity index (χ3n) is 1.88. The van der Waals surface area contributed by atoms with Crippen LogP contribution in [0.25, 0.3) is 0 Å². The fraction of sp³-hybridized carbons (Fsp3) is 0.273. The third kappa shape index (κ3) is 2.26. The second-order valence-electron chi connectivity index (χ2n) is 3.00. The summed E-state index contributed by atoms with van der Waals surface area (Å²) in [5.41, 5.74) is 0.970. The van der Waals surface area contributed by atoms with Gasteiger partial charge in [0.1, 0.15) is 5.92 Å². The topological polar surface area (TPSA) is 54.5 Å². The first-order valence-corrected chi connectivity index (χ1v) is 4.71. The fourth-order valence-corrected chi connectivity index (χ4v) is 1.11. The van der Waals surface area contributed by atoms with E-state index in [1.807, 2.05) is 0 Å². The van der Waals surface area contributed by atoms with E-state index in [1.54, 1.807) is 25.4 Å². The zero-order chi connectivity index (χ0) is 10.7. The van der Waals surface area contributed by atoms with Gasteiger partial charge in [-0.1, -0.05) is 11.8 Å². The van der Waals surface area contributed by atoms with Gasteiger partial charge in [-0.2, -0.15) is 0 Å². The maximum Gasteiger partial charge on any atom is 0.356 e. The molecule has 1 aliphatic rings. The number of esters is 1. The van der Waals surface area contributed by atoms with Gasteiger partial charge in [-0.05, 0) is 13.0 Å². The molecule has 0 saturated heterocycles. The number of rotatable bonds is 4. The van der Waals surface area contributed by atoms with E-state index in [2.05, 4.69) is 21.8 Å². The second kappa shape index (κ2) is 4.01. The Morgan fingerprint density at radius 2 is 2.53 bits per heavy atom. The molecule has 0 spiro atoms. The van der Waals surface area contributed by atoms with Crippen molar-refractivity contribution in [1.29, 1.82) is 0 Å². The molecule has 0 aliphatic heterocycles. The van der Waals surface area contributed by atoms with Crippen LogP contribution in [0.5, 0.6) is 0 Å². The second-order valence-corrected chi connectivity index (χ2v) is 3.00. The number of hydrogen-bond acceptors (Lipinski definition) is 3. The number of ether oxygens (including phenoxy) is 1. The van der Waals surface area contributed by atoms with Gasteiger partial charge in [0.15, 0.2) is 5.69 Å². The summed E-state index contributed by atoms with van der Waals surface area (Å²) in [5, 5.41) is 0. The summed E-state index contributed by atoms with van der Waals surface area (Å²) in [6.07, 6.45) is 3.35. The lowest BCUT2D eigenvalue weighted by atomic mass is 10.3. The van der Waals surface area contributed by atoms with Gasteiger partial charge < -0.3 is 9.72 Å². The molecule has 1 aliphatic carbocycles. The molecule has 0 fully saturated rings. The van der Waals surface area contributed by atoms with Gasteiger partial charge in [-0.25, -0.2) is 4.79 Å². The Balaban J connectivity index is 2.10. The molecule has 2 rings (SSSR count). The highest BCUT2D eigenvalue weighted by atomic mass is 16.5. The summed E-state index contributed by atoms with van der Waals surface area (Å²) in [7, 11) is 0. The number of H-pyrrole nitrogens is 1. The Hall–Kier alpha value is -2.02. The van der Waals surface area contributed by atoms with Gasteiger partial charge in [0.05, 0.1) is 12.3 Å². The van der Waals surface area contributed by atoms with Gasteiger partial charge >= 0.3 is 5.97 Å². The molecule has 1 N–H and O–H groups in total. The van der Waals surface area contributed by atoms with E-state index in [0.29, 0.717) is 18.0 Å². The van der Waals surface area contributed by atoms with E-state index in [4.69, 9.17) is 4.74 Å². The van der Waals surface area contributed by atoms with E-state index in [9.17, 15) is 4.79 Å². The molecule has 0 aromatic carbocycles. The van der Waals surface area contributed by atoms with E-state index >= 15 is 0 Å². The monoisotopic (exact) mass is 202 g/mol. The minimum absolute atomic E-state index is 0.106. The zero-order valence-corrected chi connectivity index (χ0v) is 8.28. The molecule has 0 unspecified atom stereocenters. The Kier molecular flexibility index (Phi) is 2.55.